The largest absolute Gasteiger partial charge is 0.325 e. The first-order valence-corrected chi connectivity index (χ1v) is 9.44. The summed E-state index contributed by atoms with van der Waals surface area (Å²) in [6, 6.07) is 12.7. The minimum Gasteiger partial charge on any atom is -0.325 e. The molecule has 0 fully saturated rings. The van der Waals surface area contributed by atoms with Gasteiger partial charge in [0.2, 0.25) is 11.1 Å². The molecule has 2 atom stereocenters. The zero-order valence-corrected chi connectivity index (χ0v) is 15.8. The van der Waals surface area contributed by atoms with E-state index in [1.54, 1.807) is 16.8 Å². The number of halogens is 2. The molecule has 3 aromatic rings. The van der Waals surface area contributed by atoms with Gasteiger partial charge in [0.05, 0.1) is 6.04 Å². The minimum atomic E-state index is -0.507. The Kier molecular flexibility index (Phi) is 4.75. The molecular weight excluding hydrogens is 389 g/mol. The number of aromatic nitrogens is 3. The van der Waals surface area contributed by atoms with Crippen LogP contribution in [0, 0.1) is 12.7 Å². The fraction of sp³-hybridized carbons (Fsp3) is 0.167. The molecule has 0 spiro atoms. The summed E-state index contributed by atoms with van der Waals surface area (Å²) in [5.74, 6) is 0.129. The summed E-state index contributed by atoms with van der Waals surface area (Å²) in [6.07, 6.45) is 0. The van der Waals surface area contributed by atoms with Crippen LogP contribution in [0.5, 0.6) is 0 Å². The highest BCUT2D eigenvalue weighted by Crippen LogP contribution is 2.37. The van der Waals surface area contributed by atoms with E-state index in [-0.39, 0.29) is 17.8 Å². The molecule has 138 valence electrons. The van der Waals surface area contributed by atoms with Gasteiger partial charge >= 0.3 is 0 Å². The summed E-state index contributed by atoms with van der Waals surface area (Å²) in [6.45, 7) is 1.84. The number of hydrogen-bond donors (Lipinski definition) is 2. The number of nitrogens with zero attached hydrogens (tertiary/aromatic N) is 3. The first kappa shape index (κ1) is 17.8. The van der Waals surface area contributed by atoms with Crippen molar-refractivity contribution in [2.45, 2.75) is 23.4 Å². The van der Waals surface area contributed by atoms with Crippen molar-refractivity contribution >= 4 is 35.0 Å². The normalized spacial score (nSPS) is 18.5. The van der Waals surface area contributed by atoms with E-state index in [4.69, 9.17) is 11.6 Å². The van der Waals surface area contributed by atoms with Crippen LogP contribution in [-0.4, -0.2) is 26.0 Å². The number of nitrogens with one attached hydrogen (secondary N) is 2. The van der Waals surface area contributed by atoms with E-state index >= 15 is 0 Å². The molecule has 1 aliphatic rings. The van der Waals surface area contributed by atoms with Crippen molar-refractivity contribution < 1.29 is 9.18 Å². The summed E-state index contributed by atoms with van der Waals surface area (Å²) in [5.41, 5.74) is 4.75. The van der Waals surface area contributed by atoms with Gasteiger partial charge in [-0.3, -0.25) is 4.79 Å². The summed E-state index contributed by atoms with van der Waals surface area (Å²) < 4.78 is 14.9. The van der Waals surface area contributed by atoms with Crippen LogP contribution in [0.1, 0.15) is 17.4 Å². The van der Waals surface area contributed by atoms with Crippen LogP contribution in [0.2, 0.25) is 5.02 Å². The first-order valence-electron chi connectivity index (χ1n) is 8.18. The Morgan fingerprint density at radius 2 is 1.89 bits per heavy atom. The molecular formula is C18H15ClFN5OS. The van der Waals surface area contributed by atoms with E-state index < -0.39 is 5.25 Å². The number of benzene rings is 2. The van der Waals surface area contributed by atoms with Gasteiger partial charge in [-0.25, -0.2) is 9.07 Å². The molecule has 9 heteroatoms. The Hall–Kier alpha value is -2.58. The molecule has 0 aliphatic carbocycles. The van der Waals surface area contributed by atoms with Crippen LogP contribution in [0.4, 0.5) is 10.1 Å². The lowest BCUT2D eigenvalue weighted by Gasteiger charge is -2.32. The average molecular weight is 404 g/mol. The van der Waals surface area contributed by atoms with E-state index in [2.05, 4.69) is 20.9 Å². The standard InChI is InChI=1S/C18H15ClFN5OS/c1-10-22-23-18-25(10)24-15(11-2-4-12(19)5-3-11)16(27-18)17(26)21-14-8-6-13(20)7-9-14/h2-9,15-16,24H,1H3,(H,21,26)/t15-,16-/m1/s1. The monoisotopic (exact) mass is 403 g/mol. The van der Waals surface area contributed by atoms with Crippen LogP contribution in [-0.2, 0) is 4.79 Å². The number of anilines is 1. The molecule has 0 bridgehead atoms. The maximum absolute atomic E-state index is 13.1. The van der Waals surface area contributed by atoms with Gasteiger partial charge in [-0.2, -0.15) is 0 Å². The Bertz CT molecular complexity index is 976. The lowest BCUT2D eigenvalue weighted by Crippen LogP contribution is -2.41. The van der Waals surface area contributed by atoms with Crippen LogP contribution >= 0.6 is 23.4 Å². The Morgan fingerprint density at radius 3 is 2.59 bits per heavy atom. The van der Waals surface area contributed by atoms with Gasteiger partial charge in [-0.05, 0) is 48.9 Å². The highest BCUT2D eigenvalue weighted by atomic mass is 35.5. The lowest BCUT2D eigenvalue weighted by molar-refractivity contribution is -0.116. The molecule has 4 rings (SSSR count). The second kappa shape index (κ2) is 7.21. The number of amides is 1. The number of carbonyl (C=O) groups excluding carboxylic acids is 1. The lowest BCUT2D eigenvalue weighted by atomic mass is 10.0. The number of fused-ring (bicyclic) bond motifs is 1. The van der Waals surface area contributed by atoms with E-state index in [1.807, 2.05) is 19.1 Å². The Labute approximate surface area is 164 Å². The predicted molar refractivity (Wildman–Crippen MR) is 103 cm³/mol. The number of aryl methyl sites for hydroxylation is 1. The van der Waals surface area contributed by atoms with Gasteiger partial charge < -0.3 is 10.7 Å². The summed E-state index contributed by atoms with van der Waals surface area (Å²) in [4.78, 5) is 13.0. The van der Waals surface area contributed by atoms with Crippen LogP contribution < -0.4 is 10.7 Å². The quantitative estimate of drug-likeness (QED) is 0.696. The SMILES string of the molecule is Cc1nnc2n1N[C@H](c1ccc(Cl)cc1)[C@H](C(=O)Nc1ccc(F)cc1)S2. The number of rotatable bonds is 3. The Morgan fingerprint density at radius 1 is 1.19 bits per heavy atom. The molecule has 6 nitrogen and oxygen atoms in total. The molecule has 2 aromatic carbocycles. The van der Waals surface area contributed by atoms with Crippen molar-refractivity contribution in [3.8, 4) is 0 Å². The summed E-state index contributed by atoms with van der Waals surface area (Å²) >= 11 is 7.32. The molecule has 0 saturated carbocycles. The van der Waals surface area contributed by atoms with Crippen molar-refractivity contribution in [3.05, 3.63) is 70.8 Å². The van der Waals surface area contributed by atoms with E-state index in [9.17, 15) is 9.18 Å². The maximum atomic E-state index is 13.1. The fourth-order valence-corrected chi connectivity index (χ4v) is 4.08. The zero-order chi connectivity index (χ0) is 19.0. The molecule has 1 amide bonds. The van der Waals surface area contributed by atoms with Gasteiger partial charge in [-0.1, -0.05) is 35.5 Å². The van der Waals surface area contributed by atoms with E-state index in [0.29, 0.717) is 21.7 Å². The second-order valence-corrected chi connectivity index (χ2v) is 7.60. The van der Waals surface area contributed by atoms with Crippen molar-refractivity contribution in [1.82, 2.24) is 14.9 Å². The van der Waals surface area contributed by atoms with Gasteiger partial charge in [0.25, 0.3) is 0 Å². The summed E-state index contributed by atoms with van der Waals surface area (Å²) in [5, 5.41) is 11.7. The van der Waals surface area contributed by atoms with Gasteiger partial charge in [-0.15, -0.1) is 10.2 Å². The predicted octanol–water partition coefficient (Wildman–Crippen LogP) is 3.78. The van der Waals surface area contributed by atoms with Crippen LogP contribution in [0.25, 0.3) is 0 Å². The molecule has 2 N–H and O–H groups in total. The van der Waals surface area contributed by atoms with Gasteiger partial charge in [0, 0.05) is 10.7 Å². The highest BCUT2D eigenvalue weighted by molar-refractivity contribution is 8.00. The summed E-state index contributed by atoms with van der Waals surface area (Å²) in [7, 11) is 0. The molecule has 27 heavy (non-hydrogen) atoms. The van der Waals surface area contributed by atoms with Crippen molar-refractivity contribution in [2.24, 2.45) is 0 Å². The molecule has 0 saturated heterocycles. The van der Waals surface area contributed by atoms with Crippen molar-refractivity contribution in [3.63, 3.8) is 0 Å². The molecule has 1 aliphatic heterocycles. The average Bonchev–Trinajstić information content (AvgIpc) is 3.03. The van der Waals surface area contributed by atoms with Gasteiger partial charge in [0.1, 0.15) is 16.9 Å². The van der Waals surface area contributed by atoms with E-state index in [1.165, 1.54) is 36.0 Å². The highest BCUT2D eigenvalue weighted by Gasteiger charge is 2.37. The molecule has 0 radical (unpaired) electrons. The number of hydrogen-bond acceptors (Lipinski definition) is 5. The third-order valence-electron chi connectivity index (χ3n) is 4.20. The minimum absolute atomic E-state index is 0.217. The smallest absolute Gasteiger partial charge is 0.240 e. The Balaban J connectivity index is 1.65. The molecule has 0 unspecified atom stereocenters. The number of carbonyl (C=O) groups is 1. The first-order chi connectivity index (χ1) is 13.0. The van der Waals surface area contributed by atoms with E-state index in [0.717, 1.165) is 5.56 Å². The topological polar surface area (TPSA) is 71.8 Å². The van der Waals surface area contributed by atoms with Crippen molar-refractivity contribution in [1.29, 1.82) is 0 Å². The third kappa shape index (κ3) is 3.63. The van der Waals surface area contributed by atoms with Crippen LogP contribution in [0.3, 0.4) is 0 Å². The van der Waals surface area contributed by atoms with Crippen molar-refractivity contribution in [2.75, 3.05) is 10.7 Å². The number of thioether (sulfide) groups is 1. The molecule has 1 aromatic heterocycles. The second-order valence-electron chi connectivity index (χ2n) is 6.06. The van der Waals surface area contributed by atoms with Crippen LogP contribution in [0.15, 0.2) is 53.7 Å². The maximum Gasteiger partial charge on any atom is 0.240 e. The zero-order valence-electron chi connectivity index (χ0n) is 14.2. The molecule has 2 heterocycles. The third-order valence-corrected chi connectivity index (χ3v) is 5.66. The fourth-order valence-electron chi connectivity index (χ4n) is 2.83. The van der Waals surface area contributed by atoms with Gasteiger partial charge in [0.15, 0.2) is 0 Å².